The molecule has 3 aromatic carbocycles. The Labute approximate surface area is 448 Å². The van der Waals surface area contributed by atoms with E-state index in [4.69, 9.17) is 15.2 Å². The second-order valence-electron chi connectivity index (χ2n) is 19.2. The number of amides is 3. The first kappa shape index (κ1) is 57.4. The van der Waals surface area contributed by atoms with Crippen molar-refractivity contribution in [3.63, 3.8) is 0 Å². The molecule has 370 valence electrons. The zero-order chi connectivity index (χ0) is 47.0. The number of phenolic OH excluding ortho intramolecular Hbond substituents is 1. The van der Waals surface area contributed by atoms with Gasteiger partial charge < -0.3 is 45.0 Å². The molecule has 1 saturated carbocycles. The van der Waals surface area contributed by atoms with Crippen LogP contribution in [0.3, 0.4) is 0 Å². The summed E-state index contributed by atoms with van der Waals surface area (Å²) in [5.41, 5.74) is 12.0. The first-order chi connectivity index (χ1) is 31.8. The maximum atomic E-state index is 16.1. The third-order valence-electron chi connectivity index (χ3n) is 14.8. The Morgan fingerprint density at radius 2 is 1.65 bits per heavy atom. The molecule has 13 heteroatoms. The zero-order valence-electron chi connectivity index (χ0n) is 42.3. The molecule has 4 heterocycles. The van der Waals surface area contributed by atoms with Crippen LogP contribution >= 0.6 is 0 Å². The minimum atomic E-state index is -0.527. The molecular formula is C56H76FN5O6Sr. The van der Waals surface area contributed by atoms with E-state index in [0.29, 0.717) is 48.9 Å². The molecule has 3 fully saturated rings. The number of nitrogens with one attached hydrogen (secondary N) is 1. The number of nitrogens with two attached hydrogens (primary N) is 1. The average Bonchev–Trinajstić information content (AvgIpc) is 3.31. The number of pyridine rings is 1. The quantitative estimate of drug-likeness (QED) is 0.0759. The van der Waals surface area contributed by atoms with E-state index in [-0.39, 0.29) is 101 Å². The maximum absolute atomic E-state index is 16.1. The van der Waals surface area contributed by atoms with Gasteiger partial charge in [-0.05, 0) is 134 Å². The third-order valence-corrected chi connectivity index (χ3v) is 14.8. The summed E-state index contributed by atoms with van der Waals surface area (Å²) >= 11 is 0. The first-order valence-electron chi connectivity index (χ1n) is 24.4. The molecule has 11 nitrogen and oxygen atoms in total. The Morgan fingerprint density at radius 3 is 2.25 bits per heavy atom. The van der Waals surface area contributed by atoms with Gasteiger partial charge in [0.1, 0.15) is 35.3 Å². The molecule has 0 radical (unpaired) electrons. The van der Waals surface area contributed by atoms with Gasteiger partial charge in [-0.15, -0.1) is 0 Å². The molecule has 2 aliphatic carbocycles. The molecule has 9 rings (SSSR count). The minimum Gasteiger partial charge on any atom is -0.508 e. The Bertz CT molecular complexity index is 2300. The fourth-order valence-electron chi connectivity index (χ4n) is 11.1. The number of hydrogen-bond acceptors (Lipinski definition) is 9. The number of fused-ring (bicyclic) bond motifs is 2. The van der Waals surface area contributed by atoms with Crippen molar-refractivity contribution in [3.05, 3.63) is 121 Å². The van der Waals surface area contributed by atoms with Crippen molar-refractivity contribution in [2.24, 2.45) is 23.0 Å². The summed E-state index contributed by atoms with van der Waals surface area (Å²) in [6.45, 7) is 12.4. The fraction of sp³-hybridized carbons (Fsp3) is 0.500. The standard InChI is InChI=1S/C36H44FNO2.C13H19N3O2.C5H7NO2.2CH3.Sr/c1-4-24(2)18-25-22-36(23-25)14-16-38(17-15-36)33-21-34(40-3)31(20-32(33)37)35-29(26-8-6-5-7-9-26)12-10-27-19-28(39)11-13-30(27)35;1-3-7-16-9(4-2)8-18-13-11(16)6-5-10(15-13)12(14)17;7-4-2-1-3-5(8)6-4;;;/h5-9,11,13,19-21,24-25,29,35,39H,4,10,12,14-18,22-23H2,1-3H3;5-6,9H,3-4,7-8H2,1-2H3,(H2,14,17);1-3H2,(H,6,7,8);2*1H3;/q;;;2*-1;+2. The van der Waals surface area contributed by atoms with Gasteiger partial charge in [0.25, 0.3) is 5.91 Å². The monoisotopic (exact) mass is 1020 g/mol. The molecular weight excluding hydrogens is 945 g/mol. The van der Waals surface area contributed by atoms with E-state index in [2.05, 4.69) is 72.1 Å². The van der Waals surface area contributed by atoms with E-state index in [1.54, 1.807) is 25.3 Å². The van der Waals surface area contributed by atoms with Gasteiger partial charge in [-0.3, -0.25) is 19.7 Å². The predicted molar refractivity (Wildman–Crippen MR) is 277 cm³/mol. The molecule has 3 amide bonds. The maximum Gasteiger partial charge on any atom is 2.00 e. The molecule has 3 aliphatic heterocycles. The van der Waals surface area contributed by atoms with Crippen molar-refractivity contribution >= 4 is 74.6 Å². The Hall–Kier alpha value is -4.17. The number of benzene rings is 3. The van der Waals surface area contributed by atoms with Crippen LogP contribution in [0.5, 0.6) is 17.4 Å². The normalized spacial score (nSPS) is 20.4. The predicted octanol–water partition coefficient (Wildman–Crippen LogP) is 10.7. The number of carbonyl (C=O) groups excluding carboxylic acids is 3. The van der Waals surface area contributed by atoms with Crippen molar-refractivity contribution in [1.82, 2.24) is 10.3 Å². The van der Waals surface area contributed by atoms with Crippen molar-refractivity contribution in [2.75, 3.05) is 43.2 Å². The number of carbonyl (C=O) groups is 3. The number of halogens is 1. The van der Waals surface area contributed by atoms with Crippen LogP contribution in [0.15, 0.2) is 72.8 Å². The number of piperidine rings is 2. The van der Waals surface area contributed by atoms with Crippen LogP contribution in [0.4, 0.5) is 15.8 Å². The van der Waals surface area contributed by atoms with Crippen LogP contribution < -0.4 is 30.3 Å². The van der Waals surface area contributed by atoms with Gasteiger partial charge in [-0.25, -0.2) is 9.37 Å². The van der Waals surface area contributed by atoms with E-state index in [9.17, 15) is 19.5 Å². The van der Waals surface area contributed by atoms with Gasteiger partial charge in [0, 0.05) is 50.0 Å². The number of ether oxygens (including phenoxy) is 2. The van der Waals surface area contributed by atoms with Gasteiger partial charge in [0.2, 0.25) is 17.7 Å². The second kappa shape index (κ2) is 26.3. The first-order valence-corrected chi connectivity index (χ1v) is 24.4. The van der Waals surface area contributed by atoms with Crippen LogP contribution in [0.25, 0.3) is 0 Å². The van der Waals surface area contributed by atoms with Crippen LogP contribution in [0.2, 0.25) is 0 Å². The van der Waals surface area contributed by atoms with E-state index < -0.39 is 5.91 Å². The summed E-state index contributed by atoms with van der Waals surface area (Å²) in [5.74, 6) is 2.45. The number of imide groups is 1. The number of methoxy groups -OCH3 is 1. The largest absolute Gasteiger partial charge is 2.00 e. The Morgan fingerprint density at radius 1 is 0.957 bits per heavy atom. The number of hydrogen-bond donors (Lipinski definition) is 3. The molecule has 69 heavy (non-hydrogen) atoms. The topological polar surface area (TPSA) is 147 Å². The zero-order valence-corrected chi connectivity index (χ0v) is 45.8. The molecule has 5 aliphatic rings. The number of primary amides is 1. The van der Waals surface area contributed by atoms with Gasteiger partial charge in [0.05, 0.1) is 18.8 Å². The molecule has 1 spiro atoms. The third kappa shape index (κ3) is 13.8. The van der Waals surface area contributed by atoms with E-state index in [1.165, 1.54) is 31.2 Å². The van der Waals surface area contributed by atoms with Crippen LogP contribution in [0.1, 0.15) is 149 Å². The summed E-state index contributed by atoms with van der Waals surface area (Å²) < 4.78 is 27.7. The van der Waals surface area contributed by atoms with Crippen molar-refractivity contribution < 1.29 is 33.4 Å². The Balaban J connectivity index is 0.000000296. The number of nitrogens with zero attached hydrogens (tertiary/aromatic N) is 3. The van der Waals surface area contributed by atoms with Crippen LogP contribution in [-0.2, 0) is 16.0 Å². The molecule has 4 N–H and O–H groups in total. The summed E-state index contributed by atoms with van der Waals surface area (Å²) in [4.78, 5) is 40.5. The molecule has 4 atom stereocenters. The van der Waals surface area contributed by atoms with Crippen LogP contribution in [-0.4, -0.2) is 113 Å². The van der Waals surface area contributed by atoms with Crippen molar-refractivity contribution in [2.45, 2.75) is 129 Å². The minimum absolute atomic E-state index is 0. The summed E-state index contributed by atoms with van der Waals surface area (Å²) in [6, 6.07) is 23.8. The van der Waals surface area contributed by atoms with Crippen LogP contribution in [0, 0.1) is 37.9 Å². The summed E-state index contributed by atoms with van der Waals surface area (Å²) in [7, 11) is 1.70. The number of anilines is 2. The smallest absolute Gasteiger partial charge is 0.508 e. The van der Waals surface area contributed by atoms with Gasteiger partial charge in [0.15, 0.2) is 0 Å². The van der Waals surface area contributed by atoms with Gasteiger partial charge >= 0.3 is 45.5 Å². The molecule has 1 aromatic heterocycles. The number of aromatic nitrogens is 1. The molecule has 4 aromatic rings. The number of aromatic hydroxyl groups is 1. The summed E-state index contributed by atoms with van der Waals surface area (Å²) in [5, 5.41) is 12.4. The van der Waals surface area contributed by atoms with Gasteiger partial charge in [-0.2, -0.15) is 0 Å². The average molecular weight is 1020 g/mol. The Kier molecular flexibility index (Phi) is 21.9. The summed E-state index contributed by atoms with van der Waals surface area (Å²) in [6.07, 6.45) is 13.3. The number of phenols is 1. The number of rotatable bonds is 11. The molecule has 2 saturated heterocycles. The van der Waals surface area contributed by atoms with E-state index in [1.807, 2.05) is 30.3 Å². The van der Waals surface area contributed by atoms with Crippen molar-refractivity contribution in [1.29, 1.82) is 0 Å². The second-order valence-corrected chi connectivity index (χ2v) is 19.2. The van der Waals surface area contributed by atoms with E-state index >= 15 is 4.39 Å². The van der Waals surface area contributed by atoms with E-state index in [0.717, 1.165) is 98.1 Å². The fourth-order valence-corrected chi connectivity index (χ4v) is 11.1. The van der Waals surface area contributed by atoms with Crippen molar-refractivity contribution in [3.8, 4) is 17.4 Å². The van der Waals surface area contributed by atoms with Gasteiger partial charge in [-0.1, -0.05) is 70.5 Å². The SMILES string of the molecule is CCC(C)CC1CC2(CCN(c3cc(OC)c(C4c5ccc(O)cc5CCC4c4ccccc4)cc3F)CC2)C1.CCCN1c2ccc(C(N)=O)nc2OCC1CC.O=C1CCCC(=O)N1.[CH3-].[CH3-].[Sr+2]. The number of aryl methyl sites for hydroxylation is 1. The molecule has 0 bridgehead atoms. The molecule has 4 unspecified atom stereocenters.